The number of fused-ring (bicyclic) bond motifs is 1. The van der Waals surface area contributed by atoms with Crippen LogP contribution in [0.25, 0.3) is 22.2 Å². The Hall–Kier alpha value is -3.36. The molecule has 2 aromatic carbocycles. The maximum Gasteiger partial charge on any atom is 0.278 e. The van der Waals surface area contributed by atoms with Gasteiger partial charge in [-0.1, -0.05) is 48.2 Å². The predicted molar refractivity (Wildman–Crippen MR) is 138 cm³/mol. The molecule has 2 heterocycles. The minimum Gasteiger partial charge on any atom is -0.383 e. The standard InChI is InChI=1S/C26H28N4O3S/c1-17-10-11-20(14-18(17)2)27-22(31)16-34-26-28-23-21(19-8-6-5-7-9-19)15-29(3)24(23)25(32)30(26)12-13-33-4/h5-11,14-15H,12-13,16H2,1-4H3,(H,27,31). The smallest absolute Gasteiger partial charge is 0.278 e. The first-order valence-electron chi connectivity index (χ1n) is 11.0. The zero-order chi connectivity index (χ0) is 24.2. The molecule has 0 atom stereocenters. The Balaban J connectivity index is 1.67. The Labute approximate surface area is 202 Å². The van der Waals surface area contributed by atoms with Gasteiger partial charge in [-0.3, -0.25) is 14.2 Å². The number of carbonyl (C=O) groups is 1. The number of rotatable bonds is 8. The van der Waals surface area contributed by atoms with Gasteiger partial charge in [-0.05, 0) is 42.7 Å². The van der Waals surface area contributed by atoms with Crippen LogP contribution in [0, 0.1) is 13.8 Å². The first-order valence-corrected chi connectivity index (χ1v) is 12.0. The van der Waals surface area contributed by atoms with E-state index in [4.69, 9.17) is 9.72 Å². The SMILES string of the molecule is COCCn1c(SCC(=O)Nc2ccc(C)c(C)c2)nc2c(-c3ccccc3)cn(C)c2c1=O. The molecule has 0 bridgehead atoms. The third-order valence-corrected chi connectivity index (χ3v) is 6.74. The van der Waals surface area contributed by atoms with Crippen LogP contribution in [0.4, 0.5) is 5.69 Å². The molecule has 0 aliphatic carbocycles. The number of nitrogens with zero attached hydrogens (tertiary/aromatic N) is 3. The number of carbonyl (C=O) groups excluding carboxylic acids is 1. The van der Waals surface area contributed by atoms with Crippen molar-refractivity contribution in [3.63, 3.8) is 0 Å². The summed E-state index contributed by atoms with van der Waals surface area (Å²) < 4.78 is 8.62. The Bertz CT molecular complexity index is 1390. The second kappa shape index (κ2) is 10.3. The van der Waals surface area contributed by atoms with Gasteiger partial charge in [-0.15, -0.1) is 0 Å². The van der Waals surface area contributed by atoms with Crippen molar-refractivity contribution in [1.29, 1.82) is 0 Å². The lowest BCUT2D eigenvalue weighted by molar-refractivity contribution is -0.113. The fraction of sp³-hybridized carbons (Fsp3) is 0.269. The summed E-state index contributed by atoms with van der Waals surface area (Å²) in [7, 11) is 3.44. The highest BCUT2D eigenvalue weighted by atomic mass is 32.2. The minimum atomic E-state index is -0.155. The lowest BCUT2D eigenvalue weighted by Gasteiger charge is -2.13. The molecule has 176 valence electrons. The summed E-state index contributed by atoms with van der Waals surface area (Å²) in [4.78, 5) is 31.0. The molecule has 0 spiro atoms. The number of nitrogens with one attached hydrogen (secondary N) is 1. The Morgan fingerprint density at radius 1 is 1.12 bits per heavy atom. The van der Waals surface area contributed by atoms with Crippen molar-refractivity contribution in [3.05, 3.63) is 76.2 Å². The van der Waals surface area contributed by atoms with E-state index < -0.39 is 0 Å². The van der Waals surface area contributed by atoms with Gasteiger partial charge in [0, 0.05) is 31.6 Å². The van der Waals surface area contributed by atoms with Crippen LogP contribution in [0.2, 0.25) is 0 Å². The van der Waals surface area contributed by atoms with Crippen LogP contribution < -0.4 is 10.9 Å². The normalized spacial score (nSPS) is 11.2. The average molecular weight is 477 g/mol. The molecule has 4 rings (SSSR count). The molecule has 0 radical (unpaired) electrons. The highest BCUT2D eigenvalue weighted by molar-refractivity contribution is 7.99. The molecular formula is C26H28N4O3S. The first-order chi connectivity index (χ1) is 16.4. The second-order valence-corrected chi connectivity index (χ2v) is 9.14. The van der Waals surface area contributed by atoms with Gasteiger partial charge in [0.2, 0.25) is 5.91 Å². The third-order valence-electron chi connectivity index (χ3n) is 5.77. The second-order valence-electron chi connectivity index (χ2n) is 8.20. The molecule has 0 fully saturated rings. The minimum absolute atomic E-state index is 0.130. The molecule has 4 aromatic rings. The van der Waals surface area contributed by atoms with Gasteiger partial charge in [0.25, 0.3) is 5.56 Å². The van der Waals surface area contributed by atoms with Crippen molar-refractivity contribution in [2.45, 2.75) is 25.5 Å². The van der Waals surface area contributed by atoms with Crippen LogP contribution in [0.5, 0.6) is 0 Å². The molecule has 2 aromatic heterocycles. The van der Waals surface area contributed by atoms with Crippen molar-refractivity contribution >= 4 is 34.4 Å². The maximum absolute atomic E-state index is 13.5. The Morgan fingerprint density at radius 2 is 1.88 bits per heavy atom. The molecule has 1 N–H and O–H groups in total. The molecule has 7 nitrogen and oxygen atoms in total. The topological polar surface area (TPSA) is 78.2 Å². The summed E-state index contributed by atoms with van der Waals surface area (Å²) in [6, 6.07) is 15.7. The molecular weight excluding hydrogens is 448 g/mol. The number of hydrogen-bond donors (Lipinski definition) is 1. The van der Waals surface area contributed by atoms with Crippen molar-refractivity contribution < 1.29 is 9.53 Å². The van der Waals surface area contributed by atoms with E-state index in [2.05, 4.69) is 5.32 Å². The molecule has 1 amide bonds. The number of hydrogen-bond acceptors (Lipinski definition) is 5. The monoisotopic (exact) mass is 476 g/mol. The highest BCUT2D eigenvalue weighted by Gasteiger charge is 2.19. The van der Waals surface area contributed by atoms with Gasteiger partial charge in [-0.2, -0.15) is 0 Å². The van der Waals surface area contributed by atoms with Gasteiger partial charge in [0.05, 0.1) is 18.9 Å². The lowest BCUT2D eigenvalue weighted by Crippen LogP contribution is -2.27. The maximum atomic E-state index is 13.5. The van der Waals surface area contributed by atoms with Crippen molar-refractivity contribution in [2.75, 3.05) is 24.8 Å². The van der Waals surface area contributed by atoms with Crippen LogP contribution in [-0.2, 0) is 23.1 Å². The van der Waals surface area contributed by atoms with E-state index in [1.165, 1.54) is 17.3 Å². The summed E-state index contributed by atoms with van der Waals surface area (Å²) in [5.74, 6) is -0.0250. The van der Waals surface area contributed by atoms with Gasteiger partial charge in [0.15, 0.2) is 5.16 Å². The van der Waals surface area contributed by atoms with Gasteiger partial charge in [0.1, 0.15) is 11.0 Å². The number of aromatic nitrogens is 3. The summed E-state index contributed by atoms with van der Waals surface area (Å²) >= 11 is 1.25. The average Bonchev–Trinajstić information content (AvgIpc) is 3.16. The van der Waals surface area contributed by atoms with Crippen LogP contribution >= 0.6 is 11.8 Å². The number of anilines is 1. The predicted octanol–water partition coefficient (Wildman–Crippen LogP) is 4.40. The summed E-state index contributed by atoms with van der Waals surface area (Å²) in [6.45, 7) is 4.76. The van der Waals surface area contributed by atoms with Crippen LogP contribution in [0.15, 0.2) is 64.7 Å². The lowest BCUT2D eigenvalue weighted by atomic mass is 10.1. The third kappa shape index (κ3) is 4.93. The Kier molecular flexibility index (Phi) is 7.19. The van der Waals surface area contributed by atoms with E-state index in [1.807, 2.05) is 80.2 Å². The van der Waals surface area contributed by atoms with E-state index in [9.17, 15) is 9.59 Å². The van der Waals surface area contributed by atoms with Gasteiger partial charge >= 0.3 is 0 Å². The highest BCUT2D eigenvalue weighted by Crippen LogP contribution is 2.29. The van der Waals surface area contributed by atoms with Gasteiger partial charge < -0.3 is 14.6 Å². The van der Waals surface area contributed by atoms with E-state index >= 15 is 0 Å². The number of benzene rings is 2. The molecule has 34 heavy (non-hydrogen) atoms. The zero-order valence-electron chi connectivity index (χ0n) is 19.8. The quantitative estimate of drug-likeness (QED) is 0.301. The number of aryl methyl sites for hydroxylation is 3. The molecule has 0 aliphatic rings. The number of methoxy groups -OCH3 is 1. The number of ether oxygens (including phenoxy) is 1. The van der Waals surface area contributed by atoms with Crippen LogP contribution in [0.3, 0.4) is 0 Å². The van der Waals surface area contributed by atoms with Gasteiger partial charge in [-0.25, -0.2) is 4.98 Å². The molecule has 0 saturated carbocycles. The zero-order valence-corrected chi connectivity index (χ0v) is 20.6. The first kappa shape index (κ1) is 23.8. The Morgan fingerprint density at radius 3 is 2.59 bits per heavy atom. The fourth-order valence-corrected chi connectivity index (χ4v) is 4.63. The van der Waals surface area contributed by atoms with Crippen molar-refractivity contribution in [1.82, 2.24) is 14.1 Å². The number of amides is 1. The van der Waals surface area contributed by atoms with Crippen LogP contribution in [-0.4, -0.2) is 39.5 Å². The summed E-state index contributed by atoms with van der Waals surface area (Å²) in [5.41, 5.74) is 5.91. The molecule has 0 unspecified atom stereocenters. The van der Waals surface area contributed by atoms with E-state index in [1.54, 1.807) is 11.7 Å². The fourth-order valence-electron chi connectivity index (χ4n) is 3.82. The van der Waals surface area contributed by atoms with E-state index in [-0.39, 0.29) is 17.2 Å². The van der Waals surface area contributed by atoms with Crippen LogP contribution in [0.1, 0.15) is 11.1 Å². The van der Waals surface area contributed by atoms with E-state index in [0.29, 0.717) is 29.3 Å². The summed E-state index contributed by atoms with van der Waals surface area (Å²) in [5, 5.41) is 3.43. The molecule has 8 heteroatoms. The van der Waals surface area contributed by atoms with E-state index in [0.717, 1.165) is 22.4 Å². The summed E-state index contributed by atoms with van der Waals surface area (Å²) in [6.07, 6.45) is 1.93. The van der Waals surface area contributed by atoms with Crippen molar-refractivity contribution in [3.8, 4) is 11.1 Å². The largest absolute Gasteiger partial charge is 0.383 e. The molecule has 0 saturated heterocycles. The number of thioether (sulfide) groups is 1. The van der Waals surface area contributed by atoms with Crippen molar-refractivity contribution in [2.24, 2.45) is 7.05 Å². The molecule has 0 aliphatic heterocycles.